The Morgan fingerprint density at radius 1 is 1.31 bits per heavy atom. The van der Waals surface area contributed by atoms with Crippen LogP contribution in [0.4, 0.5) is 0 Å². The SMILES string of the molecule is C#C[C@]1(O)CC[C@H]2[C@@H]3CCc4cc(OC(=O)CCN(C)C)ccc4[C@H]3CC[C@@]21C. The van der Waals surface area contributed by atoms with Crippen molar-refractivity contribution < 1.29 is 14.6 Å². The molecule has 0 spiro atoms. The second kappa shape index (κ2) is 7.45. The van der Waals surface area contributed by atoms with Crippen LogP contribution in [0.3, 0.4) is 0 Å². The van der Waals surface area contributed by atoms with Crippen LogP contribution in [0.25, 0.3) is 0 Å². The number of ether oxygens (including phenoxy) is 1. The van der Waals surface area contributed by atoms with Gasteiger partial charge in [0.15, 0.2) is 0 Å². The number of carbonyl (C=O) groups excluding carboxylic acids is 1. The molecule has 4 rings (SSSR count). The maximum atomic E-state index is 12.1. The molecule has 1 N–H and O–H groups in total. The average molecular weight is 396 g/mol. The normalized spacial score (nSPS) is 35.4. The van der Waals surface area contributed by atoms with E-state index < -0.39 is 5.60 Å². The Bertz CT molecular complexity index is 841. The third-order valence-electron chi connectivity index (χ3n) is 8.08. The molecule has 0 unspecified atom stereocenters. The molecule has 0 amide bonds. The van der Waals surface area contributed by atoms with Crippen molar-refractivity contribution in [3.8, 4) is 18.1 Å². The summed E-state index contributed by atoms with van der Waals surface area (Å²) in [6.45, 7) is 2.91. The highest BCUT2D eigenvalue weighted by molar-refractivity contribution is 5.72. The zero-order valence-corrected chi connectivity index (χ0v) is 17.9. The Morgan fingerprint density at radius 2 is 2.10 bits per heavy atom. The molecule has 0 radical (unpaired) electrons. The lowest BCUT2D eigenvalue weighted by atomic mass is 9.53. The molecule has 156 valence electrons. The first-order valence-corrected chi connectivity index (χ1v) is 11.0. The summed E-state index contributed by atoms with van der Waals surface area (Å²) < 4.78 is 5.57. The second-order valence-corrected chi connectivity index (χ2v) is 9.80. The van der Waals surface area contributed by atoms with Gasteiger partial charge in [-0.15, -0.1) is 6.42 Å². The van der Waals surface area contributed by atoms with Gasteiger partial charge in [-0.25, -0.2) is 0 Å². The molecule has 2 saturated carbocycles. The minimum atomic E-state index is -0.951. The molecule has 1 aromatic carbocycles. The van der Waals surface area contributed by atoms with Crippen molar-refractivity contribution in [3.05, 3.63) is 29.3 Å². The highest BCUT2D eigenvalue weighted by atomic mass is 16.5. The van der Waals surface area contributed by atoms with Crippen LogP contribution in [0.1, 0.15) is 62.5 Å². The molecule has 0 bridgehead atoms. The van der Waals surface area contributed by atoms with Crippen LogP contribution in [0, 0.1) is 29.6 Å². The quantitative estimate of drug-likeness (QED) is 0.479. The number of benzene rings is 1. The summed E-state index contributed by atoms with van der Waals surface area (Å²) in [6, 6.07) is 6.19. The van der Waals surface area contributed by atoms with Crippen molar-refractivity contribution >= 4 is 5.97 Å². The van der Waals surface area contributed by atoms with Gasteiger partial charge in [-0.05, 0) is 93.6 Å². The Morgan fingerprint density at radius 3 is 2.83 bits per heavy atom. The van der Waals surface area contributed by atoms with Crippen molar-refractivity contribution in [2.24, 2.45) is 17.3 Å². The van der Waals surface area contributed by atoms with Gasteiger partial charge in [-0.2, -0.15) is 0 Å². The fraction of sp³-hybridized carbons (Fsp3) is 0.640. The Kier molecular flexibility index (Phi) is 5.25. The summed E-state index contributed by atoms with van der Waals surface area (Å²) in [5.41, 5.74) is 1.61. The van der Waals surface area contributed by atoms with Crippen LogP contribution >= 0.6 is 0 Å². The van der Waals surface area contributed by atoms with Crippen LogP contribution in [0.5, 0.6) is 5.75 Å². The number of hydrogen-bond acceptors (Lipinski definition) is 4. The monoisotopic (exact) mass is 395 g/mol. The molecular formula is C25H33NO3. The number of carbonyl (C=O) groups is 1. The smallest absolute Gasteiger partial charge is 0.312 e. The van der Waals surface area contributed by atoms with Crippen LogP contribution < -0.4 is 4.74 Å². The molecular weight excluding hydrogens is 362 g/mol. The molecule has 4 heteroatoms. The highest BCUT2D eigenvalue weighted by Crippen LogP contribution is 2.64. The molecule has 29 heavy (non-hydrogen) atoms. The Labute approximate surface area is 174 Å². The van der Waals surface area contributed by atoms with Crippen LogP contribution in [-0.2, 0) is 11.2 Å². The second-order valence-electron chi connectivity index (χ2n) is 9.80. The van der Waals surface area contributed by atoms with Crippen molar-refractivity contribution in [1.82, 2.24) is 4.90 Å². The summed E-state index contributed by atoms with van der Waals surface area (Å²) in [4.78, 5) is 14.1. The van der Waals surface area contributed by atoms with Gasteiger partial charge in [0.1, 0.15) is 11.4 Å². The number of nitrogens with zero attached hydrogens (tertiary/aromatic N) is 1. The maximum Gasteiger partial charge on any atom is 0.312 e. The minimum Gasteiger partial charge on any atom is -0.426 e. The van der Waals surface area contributed by atoms with Crippen molar-refractivity contribution in [3.63, 3.8) is 0 Å². The summed E-state index contributed by atoms with van der Waals surface area (Å²) in [7, 11) is 3.90. The molecule has 5 atom stereocenters. The van der Waals surface area contributed by atoms with E-state index in [1.165, 1.54) is 11.1 Å². The number of terminal acetylenes is 1. The molecule has 1 aromatic rings. The molecule has 0 heterocycles. The predicted molar refractivity (Wildman–Crippen MR) is 114 cm³/mol. The largest absolute Gasteiger partial charge is 0.426 e. The van der Waals surface area contributed by atoms with E-state index >= 15 is 0 Å². The van der Waals surface area contributed by atoms with Gasteiger partial charge in [-0.1, -0.05) is 18.9 Å². The van der Waals surface area contributed by atoms with E-state index in [9.17, 15) is 9.90 Å². The summed E-state index contributed by atoms with van der Waals surface area (Å²) in [5, 5.41) is 11.1. The topological polar surface area (TPSA) is 49.8 Å². The van der Waals surface area contributed by atoms with E-state index in [0.717, 1.165) is 38.5 Å². The number of aliphatic hydroxyl groups is 1. The van der Waals surface area contributed by atoms with Crippen LogP contribution in [-0.4, -0.2) is 42.2 Å². The average Bonchev–Trinajstić information content (AvgIpc) is 2.97. The van der Waals surface area contributed by atoms with E-state index in [1.807, 2.05) is 25.1 Å². The third kappa shape index (κ3) is 3.39. The number of esters is 1. The predicted octanol–water partition coefficient (Wildman–Crippen LogP) is 3.76. The van der Waals surface area contributed by atoms with E-state index in [-0.39, 0.29) is 11.4 Å². The molecule has 4 nitrogen and oxygen atoms in total. The number of aryl methyl sites for hydroxylation is 1. The van der Waals surface area contributed by atoms with Gasteiger partial charge in [0.2, 0.25) is 0 Å². The van der Waals surface area contributed by atoms with Crippen LogP contribution in [0.15, 0.2) is 18.2 Å². The first-order chi connectivity index (χ1) is 13.8. The Balaban J connectivity index is 1.51. The van der Waals surface area contributed by atoms with E-state index in [1.54, 1.807) is 0 Å². The lowest BCUT2D eigenvalue weighted by Gasteiger charge is -2.52. The van der Waals surface area contributed by atoms with Gasteiger partial charge in [0, 0.05) is 12.0 Å². The zero-order chi connectivity index (χ0) is 20.8. The van der Waals surface area contributed by atoms with E-state index in [0.29, 0.717) is 36.5 Å². The van der Waals surface area contributed by atoms with Gasteiger partial charge < -0.3 is 14.7 Å². The molecule has 3 aliphatic carbocycles. The van der Waals surface area contributed by atoms with Gasteiger partial charge in [0.25, 0.3) is 0 Å². The first-order valence-electron chi connectivity index (χ1n) is 11.0. The summed E-state index contributed by atoms with van der Waals surface area (Å²) >= 11 is 0. The first kappa shape index (κ1) is 20.4. The van der Waals surface area contributed by atoms with Crippen molar-refractivity contribution in [1.29, 1.82) is 0 Å². The van der Waals surface area contributed by atoms with Gasteiger partial charge >= 0.3 is 5.97 Å². The Hall–Kier alpha value is -1.83. The fourth-order valence-electron chi connectivity index (χ4n) is 6.37. The summed E-state index contributed by atoms with van der Waals surface area (Å²) in [5.74, 6) is 4.81. The number of fused-ring (bicyclic) bond motifs is 5. The molecule has 0 aliphatic heterocycles. The minimum absolute atomic E-state index is 0.164. The molecule has 3 aliphatic rings. The molecule has 0 aromatic heterocycles. The van der Waals surface area contributed by atoms with Gasteiger partial charge in [0.05, 0.1) is 6.42 Å². The van der Waals surface area contributed by atoms with E-state index in [4.69, 9.17) is 11.2 Å². The van der Waals surface area contributed by atoms with Crippen LogP contribution in [0.2, 0.25) is 0 Å². The number of hydrogen-bond donors (Lipinski definition) is 1. The van der Waals surface area contributed by atoms with Crippen molar-refractivity contribution in [2.75, 3.05) is 20.6 Å². The molecule has 2 fully saturated rings. The summed E-state index contributed by atoms with van der Waals surface area (Å²) in [6.07, 6.45) is 12.1. The maximum absolute atomic E-state index is 12.1. The highest BCUT2D eigenvalue weighted by Gasteiger charge is 2.61. The van der Waals surface area contributed by atoms with Crippen molar-refractivity contribution in [2.45, 2.75) is 63.4 Å². The zero-order valence-electron chi connectivity index (χ0n) is 17.9. The third-order valence-corrected chi connectivity index (χ3v) is 8.08. The van der Waals surface area contributed by atoms with E-state index in [2.05, 4.69) is 25.0 Å². The standard InChI is InChI=1S/C25H33NO3/c1-5-25(28)14-11-22-21-8-6-17-16-18(29-23(27)12-15-26(3)4)7-9-19(17)20(21)10-13-24(22,25)2/h1,7,9,16,20-22,28H,6,8,10-15H2,2-4H3/t20-,21-,22+,24+,25+/m1/s1. The number of rotatable bonds is 4. The lowest BCUT2D eigenvalue weighted by molar-refractivity contribution is -0.134. The fourth-order valence-corrected chi connectivity index (χ4v) is 6.37. The van der Waals surface area contributed by atoms with Gasteiger partial charge in [-0.3, -0.25) is 4.79 Å². The molecule has 0 saturated heterocycles. The lowest BCUT2D eigenvalue weighted by Crippen LogP contribution is -2.50.